The van der Waals surface area contributed by atoms with Gasteiger partial charge in [-0.25, -0.2) is 0 Å². The third-order valence-corrected chi connectivity index (χ3v) is 17.3. The Hall–Kier alpha value is -7.54. The topological polar surface area (TPSA) is 24.9 Å². The third kappa shape index (κ3) is 8.19. The molecule has 4 nitrogen and oxygen atoms in total. The molecule has 13 rings (SSSR count). The zero-order valence-corrected chi connectivity index (χ0v) is 46.4. The highest BCUT2D eigenvalue weighted by Gasteiger charge is 2.45. The number of para-hydroxylation sites is 1. The molecule has 3 aliphatic heterocycles. The molecule has 0 aliphatic carbocycles. The monoisotopic (exact) mass is 1010 g/mol. The van der Waals surface area contributed by atoms with Gasteiger partial charge in [0, 0.05) is 55.0 Å². The van der Waals surface area contributed by atoms with E-state index >= 15 is 0 Å². The van der Waals surface area contributed by atoms with Gasteiger partial charge in [0.1, 0.15) is 0 Å². The van der Waals surface area contributed by atoms with Crippen molar-refractivity contribution in [2.24, 2.45) is 0 Å². The van der Waals surface area contributed by atoms with Crippen LogP contribution in [-0.2, 0) is 16.2 Å². The molecule has 0 N–H and O–H groups in total. The largest absolute Gasteiger partial charge is 0.489 e. The average Bonchev–Trinajstić information content (AvgIpc) is 3.72. The fourth-order valence-electron chi connectivity index (χ4n) is 12.0. The molecule has 76 heavy (non-hydrogen) atoms. The Morgan fingerprint density at radius 1 is 0.421 bits per heavy atom. The number of fused-ring (bicyclic) bond motifs is 8. The summed E-state index contributed by atoms with van der Waals surface area (Å²) in [6.07, 6.45) is 0.827. The van der Waals surface area contributed by atoms with Gasteiger partial charge in [0.15, 0.2) is 11.5 Å². The molecule has 0 atom stereocenters. The lowest BCUT2D eigenvalue weighted by atomic mass is 9.33. The number of thiophene rings is 1. The van der Waals surface area contributed by atoms with E-state index in [1.807, 2.05) is 11.3 Å². The van der Waals surface area contributed by atoms with Crippen LogP contribution in [0.5, 0.6) is 11.5 Å². The van der Waals surface area contributed by atoms with E-state index in [0.717, 1.165) is 40.7 Å². The fourth-order valence-corrected chi connectivity index (χ4v) is 13.1. The number of hydrogen-bond donors (Lipinski definition) is 0. The number of hydrogen-bond acceptors (Lipinski definition) is 5. The van der Waals surface area contributed by atoms with Gasteiger partial charge in [-0.3, -0.25) is 0 Å². The molecule has 0 bridgehead atoms. The number of nitrogens with zero attached hydrogens (tertiary/aromatic N) is 2. The van der Waals surface area contributed by atoms with Crippen molar-refractivity contribution < 1.29 is 9.47 Å². The molecule has 9 aromatic carbocycles. The maximum absolute atomic E-state index is 6.72. The summed E-state index contributed by atoms with van der Waals surface area (Å²) >= 11 is 1.88. The Morgan fingerprint density at radius 3 is 1.66 bits per heavy atom. The Balaban J connectivity index is 1.10. The first-order valence-corrected chi connectivity index (χ1v) is 28.0. The molecule has 3 aliphatic rings. The standard InChI is InChI=1S/C70H65BN2O2S/c1-43-35-61-66-62(36-43)73(60-16-13-17-63-67(60)75-34-14-33-74-63)59-32-29-52(70(8,9)10)42-57(59)71(66)56-40-46(47-23-30-55-54-15-11-12-18-64(54)76-65(55)41-47)24-31-58(56)72(61)53-38-48(44-19-25-50(26-20-44)68(2,3)4)37-49(39-53)45-21-27-51(28-22-45)69(5,6)7/h11-13,15-32,35-42H,14,33-34H2,1-10H3. The maximum atomic E-state index is 6.72. The van der Waals surface area contributed by atoms with E-state index in [4.69, 9.17) is 9.47 Å². The number of rotatable bonds is 5. The van der Waals surface area contributed by atoms with Crippen LogP contribution in [0.2, 0.25) is 0 Å². The van der Waals surface area contributed by atoms with Gasteiger partial charge in [0.2, 0.25) is 0 Å². The van der Waals surface area contributed by atoms with Gasteiger partial charge in [-0.1, -0.05) is 172 Å². The van der Waals surface area contributed by atoms with E-state index in [1.54, 1.807) is 0 Å². The summed E-state index contributed by atoms with van der Waals surface area (Å²) in [5, 5.41) is 2.63. The highest BCUT2D eigenvalue weighted by Crippen LogP contribution is 2.51. The molecule has 0 radical (unpaired) electrons. The Kier molecular flexibility index (Phi) is 11.3. The van der Waals surface area contributed by atoms with Gasteiger partial charge in [0.05, 0.1) is 18.9 Å². The van der Waals surface area contributed by atoms with Gasteiger partial charge < -0.3 is 19.3 Å². The molecule has 0 unspecified atom stereocenters. The lowest BCUT2D eigenvalue weighted by Gasteiger charge is -2.45. The SMILES string of the molecule is Cc1cc2c3c(c1)N(c1cccc4c1OCCCO4)c1ccc(C(C)(C)C)cc1B3c1cc(-c3ccc4c(c3)sc3ccccc34)ccc1N2c1cc(-c2ccc(C(C)(C)C)cc2)cc(-c2ccc(C(C)(C)C)cc2)c1. The van der Waals surface area contributed by atoms with E-state index in [0.29, 0.717) is 13.2 Å². The summed E-state index contributed by atoms with van der Waals surface area (Å²) in [5.41, 5.74) is 22.9. The second-order valence-electron chi connectivity index (χ2n) is 24.5. The van der Waals surface area contributed by atoms with E-state index in [2.05, 4.69) is 255 Å². The minimum Gasteiger partial charge on any atom is -0.489 e. The second kappa shape index (κ2) is 17.8. The first-order valence-electron chi connectivity index (χ1n) is 27.2. The van der Waals surface area contributed by atoms with Crippen LogP contribution in [0.15, 0.2) is 176 Å². The van der Waals surface area contributed by atoms with Gasteiger partial charge in [0.25, 0.3) is 6.71 Å². The Bertz CT molecular complexity index is 3870. The van der Waals surface area contributed by atoms with Crippen LogP contribution in [0.1, 0.15) is 91.0 Å². The summed E-state index contributed by atoms with van der Waals surface area (Å²) in [7, 11) is 0. The third-order valence-electron chi connectivity index (χ3n) is 16.1. The number of benzene rings is 9. The molecule has 1 aromatic heterocycles. The average molecular weight is 1010 g/mol. The molecular formula is C70H65BN2O2S. The first-order chi connectivity index (χ1) is 36.5. The minimum atomic E-state index is -0.0882. The second-order valence-corrected chi connectivity index (χ2v) is 25.6. The van der Waals surface area contributed by atoms with Crippen LogP contribution in [0.3, 0.4) is 0 Å². The zero-order valence-electron chi connectivity index (χ0n) is 45.6. The molecule has 376 valence electrons. The summed E-state index contributed by atoms with van der Waals surface area (Å²) in [6, 6.07) is 67.4. The molecular weight excluding hydrogens is 944 g/mol. The van der Waals surface area contributed by atoms with Crippen molar-refractivity contribution in [3.8, 4) is 44.9 Å². The molecule has 6 heteroatoms. The van der Waals surface area contributed by atoms with Crippen LogP contribution in [0.25, 0.3) is 53.6 Å². The smallest absolute Gasteiger partial charge is 0.252 e. The van der Waals surface area contributed by atoms with E-state index in [9.17, 15) is 0 Å². The van der Waals surface area contributed by atoms with Crippen molar-refractivity contribution in [2.75, 3.05) is 23.0 Å². The van der Waals surface area contributed by atoms with Crippen LogP contribution in [0, 0.1) is 6.92 Å². The van der Waals surface area contributed by atoms with Crippen LogP contribution >= 0.6 is 11.3 Å². The number of anilines is 6. The quantitative estimate of drug-likeness (QED) is 0.160. The summed E-state index contributed by atoms with van der Waals surface area (Å²) in [6.45, 7) is 24.1. The molecule has 0 fully saturated rings. The normalized spacial score (nSPS) is 14.2. The van der Waals surface area contributed by atoms with Gasteiger partial charge >= 0.3 is 0 Å². The van der Waals surface area contributed by atoms with Gasteiger partial charge in [-0.05, 0) is 162 Å². The Labute approximate surface area is 453 Å². The molecule has 4 heterocycles. The summed E-state index contributed by atoms with van der Waals surface area (Å²) < 4.78 is 15.8. The first kappa shape index (κ1) is 48.1. The molecule has 0 amide bonds. The molecule has 10 aromatic rings. The lowest BCUT2D eigenvalue weighted by Crippen LogP contribution is -2.61. The highest BCUT2D eigenvalue weighted by atomic mass is 32.1. The minimum absolute atomic E-state index is 0.0404. The van der Waals surface area contributed by atoms with E-state index in [1.165, 1.54) is 104 Å². The Morgan fingerprint density at radius 2 is 0.974 bits per heavy atom. The van der Waals surface area contributed by atoms with Crippen molar-refractivity contribution in [3.63, 3.8) is 0 Å². The van der Waals surface area contributed by atoms with Crippen molar-refractivity contribution >= 4 is 88.7 Å². The van der Waals surface area contributed by atoms with Crippen molar-refractivity contribution in [1.82, 2.24) is 0 Å². The predicted octanol–water partition coefficient (Wildman–Crippen LogP) is 17.5. The highest BCUT2D eigenvalue weighted by molar-refractivity contribution is 7.25. The zero-order chi connectivity index (χ0) is 52.4. The van der Waals surface area contributed by atoms with Gasteiger partial charge in [-0.2, -0.15) is 0 Å². The van der Waals surface area contributed by atoms with Crippen LogP contribution in [0.4, 0.5) is 34.1 Å². The summed E-state index contributed by atoms with van der Waals surface area (Å²) in [5.74, 6) is 1.58. The number of ether oxygens (including phenoxy) is 2. The van der Waals surface area contributed by atoms with Crippen LogP contribution in [-0.4, -0.2) is 19.9 Å². The van der Waals surface area contributed by atoms with Crippen molar-refractivity contribution in [2.45, 2.75) is 91.9 Å². The summed E-state index contributed by atoms with van der Waals surface area (Å²) in [4.78, 5) is 5.06. The molecule has 0 spiro atoms. The maximum Gasteiger partial charge on any atom is 0.252 e. The lowest BCUT2D eigenvalue weighted by molar-refractivity contribution is 0.297. The van der Waals surface area contributed by atoms with Gasteiger partial charge in [-0.15, -0.1) is 11.3 Å². The van der Waals surface area contributed by atoms with Crippen molar-refractivity contribution in [1.29, 1.82) is 0 Å². The number of aryl methyl sites for hydroxylation is 1. The van der Waals surface area contributed by atoms with E-state index in [-0.39, 0.29) is 23.0 Å². The van der Waals surface area contributed by atoms with Crippen molar-refractivity contribution in [3.05, 3.63) is 198 Å². The van der Waals surface area contributed by atoms with Crippen LogP contribution < -0.4 is 35.7 Å². The molecule has 0 saturated carbocycles. The van der Waals surface area contributed by atoms with E-state index < -0.39 is 0 Å². The molecule has 0 saturated heterocycles. The predicted molar refractivity (Wildman–Crippen MR) is 326 cm³/mol. The fraction of sp³-hybridized carbons (Fsp3) is 0.229.